The van der Waals surface area contributed by atoms with E-state index in [1.54, 1.807) is 6.08 Å². The lowest BCUT2D eigenvalue weighted by Gasteiger charge is -2.04. The molecule has 0 aliphatic heterocycles. The van der Waals surface area contributed by atoms with Crippen molar-refractivity contribution in [3.63, 3.8) is 0 Å². The van der Waals surface area contributed by atoms with Gasteiger partial charge in [-0.25, -0.2) is 9.67 Å². The van der Waals surface area contributed by atoms with Crippen LogP contribution in [0.4, 0.5) is 15.8 Å². The number of anilines is 3. The van der Waals surface area contributed by atoms with E-state index in [1.165, 1.54) is 17.1 Å². The molecule has 4 rings (SSSR count). The molecule has 11 heteroatoms. The first-order valence-corrected chi connectivity index (χ1v) is 9.65. The van der Waals surface area contributed by atoms with Crippen LogP contribution in [-0.4, -0.2) is 37.0 Å². The Balaban J connectivity index is 1.48. The average Bonchev–Trinajstić information content (AvgIpc) is 3.38. The third-order valence-corrected chi connectivity index (χ3v) is 4.94. The lowest BCUT2D eigenvalue weighted by atomic mass is 10.1. The zero-order valence-electron chi connectivity index (χ0n) is 15.5. The minimum Gasteiger partial charge on any atom is -0.364 e. The van der Waals surface area contributed by atoms with E-state index in [9.17, 15) is 9.59 Å². The van der Waals surface area contributed by atoms with Crippen LogP contribution in [0.2, 0.25) is 0 Å². The van der Waals surface area contributed by atoms with E-state index >= 15 is 0 Å². The van der Waals surface area contributed by atoms with Gasteiger partial charge in [-0.3, -0.25) is 9.59 Å². The largest absolute Gasteiger partial charge is 0.364 e. The van der Waals surface area contributed by atoms with Crippen LogP contribution in [0, 0.1) is 0 Å². The highest BCUT2D eigenvalue weighted by molar-refractivity contribution is 7.20. The van der Waals surface area contributed by atoms with Crippen LogP contribution < -0.4 is 16.4 Å². The molecule has 2 amide bonds. The summed E-state index contributed by atoms with van der Waals surface area (Å²) >= 11 is 1.12. The van der Waals surface area contributed by atoms with Crippen LogP contribution in [0.15, 0.2) is 60.9 Å². The van der Waals surface area contributed by atoms with E-state index in [0.29, 0.717) is 11.7 Å². The first kappa shape index (κ1) is 19.2. The lowest BCUT2D eigenvalue weighted by molar-refractivity contribution is -0.111. The van der Waals surface area contributed by atoms with Crippen LogP contribution >= 0.6 is 11.3 Å². The van der Waals surface area contributed by atoms with Gasteiger partial charge in [-0.05, 0) is 33.3 Å². The highest BCUT2D eigenvalue weighted by Crippen LogP contribution is 2.31. The molecule has 2 heterocycles. The van der Waals surface area contributed by atoms with Crippen molar-refractivity contribution < 1.29 is 9.59 Å². The van der Waals surface area contributed by atoms with Gasteiger partial charge in [0.1, 0.15) is 11.3 Å². The predicted octanol–water partition coefficient (Wildman–Crippen LogP) is 2.32. The van der Waals surface area contributed by atoms with Crippen LogP contribution in [0.25, 0.3) is 10.8 Å². The van der Waals surface area contributed by atoms with Crippen molar-refractivity contribution in [2.24, 2.45) is 5.73 Å². The molecule has 2 aromatic heterocycles. The zero-order valence-corrected chi connectivity index (χ0v) is 16.3. The normalized spacial score (nSPS) is 11.1. The Morgan fingerprint density at radius 2 is 2.00 bits per heavy atom. The molecule has 4 N–H and O–H groups in total. The van der Waals surface area contributed by atoms with Gasteiger partial charge in [0.05, 0.1) is 6.54 Å². The molecule has 4 aromatic rings. The molecule has 30 heavy (non-hydrogen) atoms. The third-order valence-electron chi connectivity index (χ3n) is 4.05. The Morgan fingerprint density at radius 3 is 2.77 bits per heavy atom. The summed E-state index contributed by atoms with van der Waals surface area (Å²) in [5.41, 5.74) is 6.21. The summed E-state index contributed by atoms with van der Waals surface area (Å²) < 4.78 is 1.46. The topological polar surface area (TPSA) is 141 Å². The van der Waals surface area contributed by atoms with Crippen molar-refractivity contribution in [2.75, 3.05) is 10.6 Å². The number of nitrogens with two attached hydrogens (primary N) is 1. The highest BCUT2D eigenvalue weighted by Gasteiger charge is 2.17. The number of allylic oxidation sites excluding steroid dienone is 1. The SMILES string of the molecule is NC(=O)c1nc(Nc2ccc3ccccc3c2)sc1NC(=O)/C=C/Cn1cnnn1. The maximum atomic E-state index is 12.2. The maximum absolute atomic E-state index is 12.2. The second kappa shape index (κ2) is 8.49. The Labute approximate surface area is 174 Å². The fourth-order valence-electron chi connectivity index (χ4n) is 2.70. The molecule has 0 atom stereocenters. The van der Waals surface area contributed by atoms with Gasteiger partial charge in [-0.2, -0.15) is 0 Å². The number of nitrogens with one attached hydrogen (secondary N) is 2. The second-order valence-corrected chi connectivity index (χ2v) is 7.17. The summed E-state index contributed by atoms with van der Waals surface area (Å²) in [7, 11) is 0. The monoisotopic (exact) mass is 420 g/mol. The van der Waals surface area contributed by atoms with E-state index in [0.717, 1.165) is 27.8 Å². The molecule has 2 aromatic carbocycles. The van der Waals surface area contributed by atoms with Crippen molar-refractivity contribution in [1.82, 2.24) is 25.2 Å². The average molecular weight is 420 g/mol. The molecule has 0 spiro atoms. The van der Waals surface area contributed by atoms with Crippen LogP contribution in [0.1, 0.15) is 10.5 Å². The van der Waals surface area contributed by atoms with Crippen molar-refractivity contribution in [3.05, 3.63) is 66.6 Å². The van der Waals surface area contributed by atoms with Gasteiger partial charge in [0.2, 0.25) is 5.91 Å². The van der Waals surface area contributed by atoms with Crippen LogP contribution in [-0.2, 0) is 11.3 Å². The number of carbonyl (C=O) groups is 2. The number of rotatable bonds is 7. The van der Waals surface area contributed by atoms with E-state index in [1.807, 2.05) is 42.5 Å². The number of tetrazole rings is 1. The number of nitrogens with zero attached hydrogens (tertiary/aromatic N) is 5. The quantitative estimate of drug-likeness (QED) is 0.390. The molecule has 0 aliphatic rings. The summed E-state index contributed by atoms with van der Waals surface area (Å²) in [6, 6.07) is 13.8. The third kappa shape index (κ3) is 4.47. The Hall–Kier alpha value is -4.12. The van der Waals surface area contributed by atoms with Crippen molar-refractivity contribution in [3.8, 4) is 0 Å². The van der Waals surface area contributed by atoms with E-state index in [2.05, 4.69) is 31.1 Å². The number of benzene rings is 2. The molecule has 0 unspecified atom stereocenters. The van der Waals surface area contributed by atoms with E-state index < -0.39 is 11.8 Å². The van der Waals surface area contributed by atoms with E-state index in [-0.39, 0.29) is 10.7 Å². The number of thiazole rings is 1. The summed E-state index contributed by atoms with van der Waals surface area (Å²) in [5, 5.41) is 19.4. The number of carbonyl (C=O) groups excluding carboxylic acids is 2. The van der Waals surface area contributed by atoms with Crippen molar-refractivity contribution in [1.29, 1.82) is 0 Å². The van der Waals surface area contributed by atoms with Crippen LogP contribution in [0.5, 0.6) is 0 Å². The van der Waals surface area contributed by atoms with Gasteiger partial charge in [-0.1, -0.05) is 47.7 Å². The highest BCUT2D eigenvalue weighted by atomic mass is 32.1. The predicted molar refractivity (Wildman–Crippen MR) is 113 cm³/mol. The van der Waals surface area contributed by atoms with Gasteiger partial charge in [-0.15, -0.1) is 5.10 Å². The molecular weight excluding hydrogens is 404 g/mol. The summed E-state index contributed by atoms with van der Waals surface area (Å²) in [6.07, 6.45) is 4.34. The molecular formula is C19H16N8O2S. The maximum Gasteiger partial charge on any atom is 0.270 e. The number of aromatic nitrogens is 5. The van der Waals surface area contributed by atoms with Gasteiger partial charge < -0.3 is 16.4 Å². The molecule has 10 nitrogen and oxygen atoms in total. The zero-order chi connectivity index (χ0) is 20.9. The number of amides is 2. The Morgan fingerprint density at radius 1 is 1.17 bits per heavy atom. The number of fused-ring (bicyclic) bond motifs is 1. The standard InChI is InChI=1S/C19H16N8O2S/c20-17(29)16-18(23-15(28)6-3-9-27-11-21-25-26-27)30-19(24-16)22-14-8-7-12-4-1-2-5-13(12)10-14/h1-8,10-11H,9H2,(H2,20,29)(H,22,24)(H,23,28)/b6-3+. The van der Waals surface area contributed by atoms with Crippen LogP contribution in [0.3, 0.4) is 0 Å². The first-order valence-electron chi connectivity index (χ1n) is 8.83. The summed E-state index contributed by atoms with van der Waals surface area (Å²) in [4.78, 5) is 28.2. The number of hydrogen-bond donors (Lipinski definition) is 3. The summed E-state index contributed by atoms with van der Waals surface area (Å²) in [6.45, 7) is 0.334. The number of hydrogen-bond acceptors (Lipinski definition) is 8. The molecule has 0 radical (unpaired) electrons. The lowest BCUT2D eigenvalue weighted by Crippen LogP contribution is -2.16. The van der Waals surface area contributed by atoms with Crippen molar-refractivity contribution >= 4 is 49.7 Å². The summed E-state index contributed by atoms with van der Waals surface area (Å²) in [5.74, 6) is -1.16. The van der Waals surface area contributed by atoms with Gasteiger partial charge in [0, 0.05) is 11.8 Å². The fourth-order valence-corrected chi connectivity index (χ4v) is 3.59. The van der Waals surface area contributed by atoms with Gasteiger partial charge in [0.25, 0.3) is 5.91 Å². The minimum absolute atomic E-state index is 0.00878. The molecule has 150 valence electrons. The number of primary amides is 1. The smallest absolute Gasteiger partial charge is 0.270 e. The fraction of sp³-hybridized carbons (Fsp3) is 0.0526. The Kier molecular flexibility index (Phi) is 5.44. The molecule has 0 fully saturated rings. The molecule has 0 saturated carbocycles. The first-order chi connectivity index (χ1) is 14.6. The van der Waals surface area contributed by atoms with Gasteiger partial charge >= 0.3 is 0 Å². The second-order valence-electron chi connectivity index (χ2n) is 6.17. The Bertz CT molecular complexity index is 1230. The van der Waals surface area contributed by atoms with E-state index in [4.69, 9.17) is 5.73 Å². The van der Waals surface area contributed by atoms with Crippen molar-refractivity contribution in [2.45, 2.75) is 6.54 Å². The molecule has 0 bridgehead atoms. The molecule has 0 aliphatic carbocycles. The minimum atomic E-state index is -0.731. The van der Waals surface area contributed by atoms with Gasteiger partial charge in [0.15, 0.2) is 10.8 Å². The molecule has 0 saturated heterocycles.